The summed E-state index contributed by atoms with van der Waals surface area (Å²) < 4.78 is 5.62. The molecule has 0 aliphatic carbocycles. The van der Waals surface area contributed by atoms with Crippen molar-refractivity contribution in [2.75, 3.05) is 31.1 Å². The first-order valence-corrected chi connectivity index (χ1v) is 7.62. The Kier molecular flexibility index (Phi) is 4.49. The molecule has 1 aliphatic heterocycles. The zero-order valence-electron chi connectivity index (χ0n) is 12.1. The van der Waals surface area contributed by atoms with Gasteiger partial charge in [0.1, 0.15) is 12.4 Å². The number of halogens is 1. The van der Waals surface area contributed by atoms with Crippen LogP contribution in [0.2, 0.25) is 5.02 Å². The van der Waals surface area contributed by atoms with Crippen molar-refractivity contribution in [3.05, 3.63) is 59.1 Å². The molecule has 1 N–H and O–H groups in total. The van der Waals surface area contributed by atoms with E-state index < -0.39 is 0 Å². The summed E-state index contributed by atoms with van der Waals surface area (Å²) in [5.74, 6) is 0.816. The van der Waals surface area contributed by atoms with Gasteiger partial charge in [0.05, 0.1) is 12.2 Å². The summed E-state index contributed by atoms with van der Waals surface area (Å²) in [6, 6.07) is 14.8. The number of benzene rings is 2. The maximum atomic E-state index is 12.0. The minimum atomic E-state index is -0.0850. The van der Waals surface area contributed by atoms with Crippen molar-refractivity contribution in [1.82, 2.24) is 5.32 Å². The second kappa shape index (κ2) is 6.71. The van der Waals surface area contributed by atoms with Crippen LogP contribution in [0.1, 0.15) is 10.4 Å². The lowest BCUT2D eigenvalue weighted by molar-refractivity contribution is 0.0954. The van der Waals surface area contributed by atoms with Crippen LogP contribution in [0.25, 0.3) is 0 Å². The minimum absolute atomic E-state index is 0.0850. The SMILES string of the molecule is O=C(NCCN1CCOc2ccccc21)c1ccc(Cl)cc1. The predicted molar refractivity (Wildman–Crippen MR) is 87.9 cm³/mol. The molecule has 0 aromatic heterocycles. The second-order valence-electron chi connectivity index (χ2n) is 5.07. The Morgan fingerprint density at radius 3 is 2.77 bits per heavy atom. The van der Waals surface area contributed by atoms with Crippen LogP contribution in [0, 0.1) is 0 Å². The minimum Gasteiger partial charge on any atom is -0.490 e. The lowest BCUT2D eigenvalue weighted by Gasteiger charge is -2.31. The largest absolute Gasteiger partial charge is 0.490 e. The number of ether oxygens (including phenoxy) is 1. The molecule has 0 radical (unpaired) electrons. The van der Waals surface area contributed by atoms with E-state index in [0.717, 1.165) is 24.5 Å². The van der Waals surface area contributed by atoms with E-state index in [2.05, 4.69) is 10.2 Å². The standard InChI is InChI=1S/C17H17ClN2O2/c18-14-7-5-13(6-8-14)17(21)19-9-10-20-11-12-22-16-4-2-1-3-15(16)20/h1-8H,9-12H2,(H,19,21). The highest BCUT2D eigenvalue weighted by Gasteiger charge is 2.17. The lowest BCUT2D eigenvalue weighted by atomic mass is 10.2. The zero-order valence-corrected chi connectivity index (χ0v) is 12.8. The van der Waals surface area contributed by atoms with Crippen LogP contribution in [0.4, 0.5) is 5.69 Å². The molecule has 0 bridgehead atoms. The van der Waals surface area contributed by atoms with Crippen LogP contribution >= 0.6 is 11.6 Å². The van der Waals surface area contributed by atoms with Crippen molar-refractivity contribution in [2.24, 2.45) is 0 Å². The van der Waals surface area contributed by atoms with Crippen LogP contribution in [0.3, 0.4) is 0 Å². The number of para-hydroxylation sites is 2. The summed E-state index contributed by atoms with van der Waals surface area (Å²) >= 11 is 5.82. The number of rotatable bonds is 4. The fourth-order valence-corrected chi connectivity index (χ4v) is 2.59. The first kappa shape index (κ1) is 14.7. The molecule has 3 rings (SSSR count). The van der Waals surface area contributed by atoms with Gasteiger partial charge in [-0.1, -0.05) is 23.7 Å². The Balaban J connectivity index is 1.55. The number of hydrogen-bond donors (Lipinski definition) is 1. The summed E-state index contributed by atoms with van der Waals surface area (Å²) in [7, 11) is 0. The third-order valence-electron chi connectivity index (χ3n) is 3.60. The number of nitrogens with zero attached hydrogens (tertiary/aromatic N) is 1. The fourth-order valence-electron chi connectivity index (χ4n) is 2.47. The Bertz CT molecular complexity index is 658. The Hall–Kier alpha value is -2.20. The molecule has 4 nitrogen and oxygen atoms in total. The van der Waals surface area contributed by atoms with Gasteiger partial charge in [-0.3, -0.25) is 4.79 Å². The van der Waals surface area contributed by atoms with E-state index in [-0.39, 0.29) is 5.91 Å². The highest BCUT2D eigenvalue weighted by Crippen LogP contribution is 2.30. The average Bonchev–Trinajstić information content (AvgIpc) is 2.55. The summed E-state index contributed by atoms with van der Waals surface area (Å²) in [6.07, 6.45) is 0. The van der Waals surface area contributed by atoms with E-state index in [9.17, 15) is 4.79 Å². The Morgan fingerprint density at radius 1 is 1.18 bits per heavy atom. The monoisotopic (exact) mass is 316 g/mol. The van der Waals surface area contributed by atoms with Crippen molar-refractivity contribution >= 4 is 23.2 Å². The quantitative estimate of drug-likeness (QED) is 0.943. The summed E-state index contributed by atoms with van der Waals surface area (Å²) in [5.41, 5.74) is 1.70. The third kappa shape index (κ3) is 3.34. The van der Waals surface area contributed by atoms with E-state index in [1.165, 1.54) is 0 Å². The third-order valence-corrected chi connectivity index (χ3v) is 3.85. The van der Waals surface area contributed by atoms with Gasteiger partial charge in [0, 0.05) is 23.7 Å². The molecule has 114 valence electrons. The Labute approximate surface area is 134 Å². The van der Waals surface area contributed by atoms with Gasteiger partial charge in [0.25, 0.3) is 5.91 Å². The number of carbonyl (C=O) groups excluding carboxylic acids is 1. The number of carbonyl (C=O) groups is 1. The predicted octanol–water partition coefficient (Wildman–Crippen LogP) is 2.97. The van der Waals surface area contributed by atoms with Crippen LogP contribution in [0.15, 0.2) is 48.5 Å². The molecule has 22 heavy (non-hydrogen) atoms. The van der Waals surface area contributed by atoms with Crippen LogP contribution in [0.5, 0.6) is 5.75 Å². The average molecular weight is 317 g/mol. The van der Waals surface area contributed by atoms with Crippen molar-refractivity contribution < 1.29 is 9.53 Å². The molecule has 0 fully saturated rings. The maximum absolute atomic E-state index is 12.0. The maximum Gasteiger partial charge on any atom is 0.251 e. The van der Waals surface area contributed by atoms with E-state index in [1.807, 2.05) is 24.3 Å². The summed E-state index contributed by atoms with van der Waals surface area (Å²) in [5, 5.41) is 3.56. The molecule has 1 heterocycles. The highest BCUT2D eigenvalue weighted by atomic mass is 35.5. The summed E-state index contributed by atoms with van der Waals surface area (Å²) in [6.45, 7) is 2.82. The molecule has 2 aromatic rings. The van der Waals surface area contributed by atoms with E-state index in [1.54, 1.807) is 24.3 Å². The molecule has 5 heteroatoms. The van der Waals surface area contributed by atoms with Gasteiger partial charge in [-0.05, 0) is 36.4 Å². The van der Waals surface area contributed by atoms with Crippen molar-refractivity contribution in [1.29, 1.82) is 0 Å². The topological polar surface area (TPSA) is 41.6 Å². The molecular weight excluding hydrogens is 300 g/mol. The number of hydrogen-bond acceptors (Lipinski definition) is 3. The van der Waals surface area contributed by atoms with Crippen molar-refractivity contribution in [3.63, 3.8) is 0 Å². The zero-order chi connectivity index (χ0) is 15.4. The molecule has 0 saturated heterocycles. The highest BCUT2D eigenvalue weighted by molar-refractivity contribution is 6.30. The molecule has 1 amide bonds. The number of nitrogens with one attached hydrogen (secondary N) is 1. The van der Waals surface area contributed by atoms with Crippen LogP contribution in [-0.2, 0) is 0 Å². The normalized spacial score (nSPS) is 13.2. The number of anilines is 1. The number of fused-ring (bicyclic) bond motifs is 1. The van der Waals surface area contributed by atoms with Crippen molar-refractivity contribution in [3.8, 4) is 5.75 Å². The van der Waals surface area contributed by atoms with E-state index in [0.29, 0.717) is 23.7 Å². The lowest BCUT2D eigenvalue weighted by Crippen LogP contribution is -2.39. The first-order chi connectivity index (χ1) is 10.7. The smallest absolute Gasteiger partial charge is 0.251 e. The molecular formula is C17H17ClN2O2. The molecule has 0 atom stereocenters. The van der Waals surface area contributed by atoms with E-state index >= 15 is 0 Å². The molecule has 1 aliphatic rings. The van der Waals surface area contributed by atoms with Crippen LogP contribution < -0.4 is 15.0 Å². The molecule has 0 saturated carbocycles. The van der Waals surface area contributed by atoms with Gasteiger partial charge in [-0.15, -0.1) is 0 Å². The van der Waals surface area contributed by atoms with Gasteiger partial charge in [0.2, 0.25) is 0 Å². The first-order valence-electron chi connectivity index (χ1n) is 7.24. The second-order valence-corrected chi connectivity index (χ2v) is 5.50. The van der Waals surface area contributed by atoms with Gasteiger partial charge in [-0.2, -0.15) is 0 Å². The van der Waals surface area contributed by atoms with Crippen molar-refractivity contribution in [2.45, 2.75) is 0 Å². The van der Waals surface area contributed by atoms with E-state index in [4.69, 9.17) is 16.3 Å². The van der Waals surface area contributed by atoms with Gasteiger partial charge >= 0.3 is 0 Å². The van der Waals surface area contributed by atoms with Gasteiger partial charge < -0.3 is 15.0 Å². The molecule has 2 aromatic carbocycles. The van der Waals surface area contributed by atoms with Crippen LogP contribution in [-0.4, -0.2) is 32.1 Å². The van der Waals surface area contributed by atoms with Gasteiger partial charge in [-0.25, -0.2) is 0 Å². The van der Waals surface area contributed by atoms with Gasteiger partial charge in [0.15, 0.2) is 0 Å². The molecule has 0 spiro atoms. The summed E-state index contributed by atoms with van der Waals surface area (Å²) in [4.78, 5) is 14.3. The Morgan fingerprint density at radius 2 is 1.95 bits per heavy atom. The fraction of sp³-hybridized carbons (Fsp3) is 0.235. The number of amides is 1. The molecule has 0 unspecified atom stereocenters.